The van der Waals surface area contributed by atoms with E-state index in [2.05, 4.69) is 19.2 Å². The maximum absolute atomic E-state index is 13.0. The van der Waals surface area contributed by atoms with Gasteiger partial charge in [-0.1, -0.05) is 25.4 Å². The SMILES string of the molecule is CC(C)NCCCC(=O)Cc1cc(F)ccc1Cl. The van der Waals surface area contributed by atoms with Gasteiger partial charge >= 0.3 is 0 Å². The van der Waals surface area contributed by atoms with E-state index in [4.69, 9.17) is 11.6 Å². The molecule has 0 aliphatic carbocycles. The van der Waals surface area contributed by atoms with Gasteiger partial charge in [0.05, 0.1) is 0 Å². The van der Waals surface area contributed by atoms with Gasteiger partial charge in [-0.15, -0.1) is 0 Å². The molecule has 0 aliphatic heterocycles. The van der Waals surface area contributed by atoms with Crippen molar-refractivity contribution in [3.63, 3.8) is 0 Å². The molecule has 1 N–H and O–H groups in total. The number of benzene rings is 1. The molecule has 0 aromatic heterocycles. The molecule has 0 amide bonds. The van der Waals surface area contributed by atoms with E-state index in [0.717, 1.165) is 13.0 Å². The summed E-state index contributed by atoms with van der Waals surface area (Å²) in [6.07, 6.45) is 1.49. The zero-order valence-electron chi connectivity index (χ0n) is 10.8. The van der Waals surface area contributed by atoms with Gasteiger partial charge in [0.25, 0.3) is 0 Å². The van der Waals surface area contributed by atoms with E-state index in [0.29, 0.717) is 23.0 Å². The van der Waals surface area contributed by atoms with Crippen molar-refractivity contribution in [2.75, 3.05) is 6.54 Å². The van der Waals surface area contributed by atoms with E-state index >= 15 is 0 Å². The first-order valence-electron chi connectivity index (χ1n) is 6.18. The van der Waals surface area contributed by atoms with Crippen molar-refractivity contribution in [2.24, 2.45) is 0 Å². The van der Waals surface area contributed by atoms with Crippen LogP contribution in [0.4, 0.5) is 4.39 Å². The lowest BCUT2D eigenvalue weighted by molar-refractivity contribution is -0.118. The highest BCUT2D eigenvalue weighted by molar-refractivity contribution is 6.31. The fourth-order valence-electron chi connectivity index (χ4n) is 1.66. The third-order valence-corrected chi connectivity index (χ3v) is 2.95. The Bertz CT molecular complexity index is 407. The highest BCUT2D eigenvalue weighted by Gasteiger charge is 2.08. The van der Waals surface area contributed by atoms with Crippen LogP contribution in [0.1, 0.15) is 32.3 Å². The minimum atomic E-state index is -0.358. The molecule has 0 saturated carbocycles. The van der Waals surface area contributed by atoms with Crippen molar-refractivity contribution in [1.29, 1.82) is 0 Å². The third kappa shape index (κ3) is 5.61. The third-order valence-electron chi connectivity index (χ3n) is 2.58. The number of carbonyl (C=O) groups is 1. The first-order valence-corrected chi connectivity index (χ1v) is 6.56. The van der Waals surface area contributed by atoms with E-state index < -0.39 is 0 Å². The minimum absolute atomic E-state index is 0.0908. The first-order chi connectivity index (χ1) is 8.49. The molecule has 0 heterocycles. The number of nitrogens with one attached hydrogen (secondary N) is 1. The van der Waals surface area contributed by atoms with Crippen LogP contribution in [-0.4, -0.2) is 18.4 Å². The maximum Gasteiger partial charge on any atom is 0.137 e. The van der Waals surface area contributed by atoms with Gasteiger partial charge in [-0.3, -0.25) is 4.79 Å². The Morgan fingerprint density at radius 3 is 2.83 bits per heavy atom. The van der Waals surface area contributed by atoms with Crippen LogP contribution in [0.3, 0.4) is 0 Å². The van der Waals surface area contributed by atoms with Crippen molar-refractivity contribution >= 4 is 17.4 Å². The second-order valence-corrected chi connectivity index (χ2v) is 5.07. The molecule has 1 aromatic carbocycles. The lowest BCUT2D eigenvalue weighted by Gasteiger charge is -2.07. The predicted octanol–water partition coefficient (Wildman–Crippen LogP) is 3.37. The molecule has 0 aliphatic rings. The summed E-state index contributed by atoms with van der Waals surface area (Å²) in [5.41, 5.74) is 0.568. The summed E-state index contributed by atoms with van der Waals surface area (Å²) in [6, 6.07) is 4.53. The van der Waals surface area contributed by atoms with E-state index in [1.54, 1.807) is 0 Å². The van der Waals surface area contributed by atoms with Crippen molar-refractivity contribution in [3.8, 4) is 0 Å². The molecule has 0 spiro atoms. The van der Waals surface area contributed by atoms with Gasteiger partial charge in [-0.2, -0.15) is 0 Å². The molecule has 0 radical (unpaired) electrons. The van der Waals surface area contributed by atoms with E-state index in [1.165, 1.54) is 18.2 Å². The van der Waals surface area contributed by atoms with Gasteiger partial charge < -0.3 is 5.32 Å². The second kappa shape index (κ2) is 7.49. The number of carbonyl (C=O) groups excluding carboxylic acids is 1. The first kappa shape index (κ1) is 15.1. The standard InChI is InChI=1S/C14H19ClFNO/c1-10(2)17-7-3-4-13(18)9-11-8-12(16)5-6-14(11)15/h5-6,8,10,17H,3-4,7,9H2,1-2H3. The quantitative estimate of drug-likeness (QED) is 0.771. The summed E-state index contributed by atoms with van der Waals surface area (Å²) in [4.78, 5) is 11.7. The van der Waals surface area contributed by atoms with Crippen molar-refractivity contribution < 1.29 is 9.18 Å². The number of hydrogen-bond donors (Lipinski definition) is 1. The largest absolute Gasteiger partial charge is 0.315 e. The van der Waals surface area contributed by atoms with Gasteiger partial charge in [-0.25, -0.2) is 4.39 Å². The summed E-state index contributed by atoms with van der Waals surface area (Å²) in [5, 5.41) is 3.70. The highest BCUT2D eigenvalue weighted by Crippen LogP contribution is 2.18. The fourth-order valence-corrected chi connectivity index (χ4v) is 1.84. The molecule has 1 rings (SSSR count). The Hall–Kier alpha value is -0.930. The van der Waals surface area contributed by atoms with Crippen LogP contribution in [0.15, 0.2) is 18.2 Å². The number of hydrogen-bond acceptors (Lipinski definition) is 2. The molecular formula is C14H19ClFNO. The average molecular weight is 272 g/mol. The van der Waals surface area contributed by atoms with Gasteiger partial charge in [0.2, 0.25) is 0 Å². The zero-order chi connectivity index (χ0) is 13.5. The van der Waals surface area contributed by atoms with Crippen LogP contribution in [0.5, 0.6) is 0 Å². The fraction of sp³-hybridized carbons (Fsp3) is 0.500. The Kier molecular flexibility index (Phi) is 6.30. The summed E-state index contributed by atoms with van der Waals surface area (Å²) >= 11 is 5.91. The molecule has 0 fully saturated rings. The Morgan fingerprint density at radius 2 is 2.17 bits per heavy atom. The number of rotatable bonds is 7. The van der Waals surface area contributed by atoms with E-state index in [9.17, 15) is 9.18 Å². The summed E-state index contributed by atoms with van der Waals surface area (Å²) in [5.74, 6) is -0.267. The molecule has 18 heavy (non-hydrogen) atoms. The molecule has 2 nitrogen and oxygen atoms in total. The number of ketones is 1. The van der Waals surface area contributed by atoms with Crippen LogP contribution in [0, 0.1) is 5.82 Å². The zero-order valence-corrected chi connectivity index (χ0v) is 11.6. The molecule has 1 aromatic rings. The van der Waals surface area contributed by atoms with Gasteiger partial charge in [-0.05, 0) is 36.7 Å². The lowest BCUT2D eigenvalue weighted by Crippen LogP contribution is -2.24. The topological polar surface area (TPSA) is 29.1 Å². The Labute approximate surface area is 113 Å². The smallest absolute Gasteiger partial charge is 0.137 e. The lowest BCUT2D eigenvalue weighted by atomic mass is 10.1. The van der Waals surface area contributed by atoms with Gasteiger partial charge in [0.1, 0.15) is 11.6 Å². The molecular weight excluding hydrogens is 253 g/mol. The summed E-state index contributed by atoms with van der Waals surface area (Å²) < 4.78 is 13.0. The molecule has 0 saturated heterocycles. The van der Waals surface area contributed by atoms with Gasteiger partial charge in [0, 0.05) is 23.9 Å². The second-order valence-electron chi connectivity index (χ2n) is 4.66. The number of halogens is 2. The average Bonchev–Trinajstić information content (AvgIpc) is 2.29. The minimum Gasteiger partial charge on any atom is -0.315 e. The van der Waals surface area contributed by atoms with Crippen molar-refractivity contribution in [3.05, 3.63) is 34.6 Å². The van der Waals surface area contributed by atoms with Crippen molar-refractivity contribution in [2.45, 2.75) is 39.2 Å². The molecule has 0 unspecified atom stereocenters. The monoisotopic (exact) mass is 271 g/mol. The molecule has 0 bridgehead atoms. The van der Waals surface area contributed by atoms with Crippen LogP contribution < -0.4 is 5.32 Å². The predicted molar refractivity (Wildman–Crippen MR) is 72.5 cm³/mol. The Morgan fingerprint density at radius 1 is 1.44 bits per heavy atom. The summed E-state index contributed by atoms with van der Waals surface area (Å²) in [7, 11) is 0. The van der Waals surface area contributed by atoms with Crippen LogP contribution in [0.2, 0.25) is 5.02 Å². The molecule has 100 valence electrons. The van der Waals surface area contributed by atoms with Gasteiger partial charge in [0.15, 0.2) is 0 Å². The molecule has 0 atom stereocenters. The summed E-state index contributed by atoms with van der Waals surface area (Å²) in [6.45, 7) is 4.95. The van der Waals surface area contributed by atoms with E-state index in [1.807, 2.05) is 0 Å². The molecule has 4 heteroatoms. The van der Waals surface area contributed by atoms with Crippen molar-refractivity contribution in [1.82, 2.24) is 5.32 Å². The Balaban J connectivity index is 2.38. The highest BCUT2D eigenvalue weighted by atomic mass is 35.5. The normalized spacial score (nSPS) is 10.9. The number of Topliss-reactive ketones (excluding diaryl/α,β-unsaturated/α-hetero) is 1. The maximum atomic E-state index is 13.0. The van der Waals surface area contributed by atoms with Crippen LogP contribution in [0.25, 0.3) is 0 Å². The van der Waals surface area contributed by atoms with E-state index in [-0.39, 0.29) is 18.0 Å². The van der Waals surface area contributed by atoms with Crippen LogP contribution >= 0.6 is 11.6 Å². The van der Waals surface area contributed by atoms with Crippen LogP contribution in [-0.2, 0) is 11.2 Å².